The highest BCUT2D eigenvalue weighted by molar-refractivity contribution is 7.19. The van der Waals surface area contributed by atoms with Crippen molar-refractivity contribution in [2.45, 2.75) is 51.7 Å². The van der Waals surface area contributed by atoms with Gasteiger partial charge in [0.2, 0.25) is 5.91 Å². The average molecular weight is 558 g/mol. The second-order valence-electron chi connectivity index (χ2n) is 9.82. The number of hydrogen-bond acceptors (Lipinski definition) is 7. The fourth-order valence-corrected chi connectivity index (χ4v) is 6.53. The van der Waals surface area contributed by atoms with E-state index in [-0.39, 0.29) is 10.9 Å². The smallest absolute Gasteiger partial charge is 0.246 e. The summed E-state index contributed by atoms with van der Waals surface area (Å²) in [4.78, 5) is 28.2. The standard InChI is InChI=1S/C28H33ClFN5O2S/c1-2-11-34(16-20-6-3-4-14-37-20)12-5-7-25(36)35-13-10-21-24(17-35)38-28-26(21)27(31-18-32-28)33-19-8-9-23(30)22(29)15-19/h5,7-9,15,18,20H,2-4,6,10-14,16-17H2,1H3,(H,31,32,33)/b7-5+. The van der Waals surface area contributed by atoms with Crippen LogP contribution < -0.4 is 5.32 Å². The Morgan fingerprint density at radius 2 is 2.26 bits per heavy atom. The second-order valence-corrected chi connectivity index (χ2v) is 11.3. The lowest BCUT2D eigenvalue weighted by Gasteiger charge is -2.29. The molecule has 2 aromatic heterocycles. The molecule has 2 aliphatic rings. The third-order valence-electron chi connectivity index (χ3n) is 7.03. The number of thiophene rings is 1. The SMILES string of the molecule is CCCN(C/C=C/C(=O)N1CCc2c(sc3ncnc(Nc4ccc(F)c(Cl)c4)c23)C1)CC1CCCCO1. The van der Waals surface area contributed by atoms with Crippen LogP contribution in [0.15, 0.2) is 36.7 Å². The fourth-order valence-electron chi connectivity index (χ4n) is 5.14. The largest absolute Gasteiger partial charge is 0.377 e. The molecule has 38 heavy (non-hydrogen) atoms. The van der Waals surface area contributed by atoms with Gasteiger partial charge in [-0.15, -0.1) is 11.3 Å². The van der Waals surface area contributed by atoms with Crippen LogP contribution in [0.4, 0.5) is 15.9 Å². The van der Waals surface area contributed by atoms with E-state index in [0.29, 0.717) is 30.7 Å². The zero-order valence-electron chi connectivity index (χ0n) is 21.6. The summed E-state index contributed by atoms with van der Waals surface area (Å²) in [6.45, 7) is 6.89. The molecule has 0 bridgehead atoms. The summed E-state index contributed by atoms with van der Waals surface area (Å²) in [6, 6.07) is 4.50. The van der Waals surface area contributed by atoms with Crippen molar-refractivity contribution >= 4 is 50.6 Å². The Labute approximate surface area is 231 Å². The normalized spacial score (nSPS) is 17.9. The summed E-state index contributed by atoms with van der Waals surface area (Å²) >= 11 is 7.54. The zero-order chi connectivity index (χ0) is 26.5. The lowest BCUT2D eigenvalue weighted by molar-refractivity contribution is -0.126. The Morgan fingerprint density at radius 1 is 1.37 bits per heavy atom. The molecule has 1 amide bonds. The molecule has 3 aromatic rings. The molecule has 0 spiro atoms. The minimum absolute atomic E-state index is 0.0313. The molecule has 0 saturated carbocycles. The summed E-state index contributed by atoms with van der Waals surface area (Å²) in [6.07, 6.45) is 10.8. The molecule has 1 N–H and O–H groups in total. The van der Waals surface area contributed by atoms with E-state index in [0.717, 1.165) is 72.6 Å². The van der Waals surface area contributed by atoms with Crippen molar-refractivity contribution in [2.24, 2.45) is 0 Å². The van der Waals surface area contributed by atoms with Crippen LogP contribution in [-0.2, 0) is 22.5 Å². The topological polar surface area (TPSA) is 70.6 Å². The monoisotopic (exact) mass is 557 g/mol. The molecule has 2 aliphatic heterocycles. The molecule has 0 radical (unpaired) electrons. The van der Waals surface area contributed by atoms with Crippen LogP contribution in [0, 0.1) is 5.82 Å². The minimum Gasteiger partial charge on any atom is -0.377 e. The predicted molar refractivity (Wildman–Crippen MR) is 151 cm³/mol. The van der Waals surface area contributed by atoms with Gasteiger partial charge in [-0.05, 0) is 62.4 Å². The number of rotatable bonds is 9. The van der Waals surface area contributed by atoms with Crippen LogP contribution in [0.2, 0.25) is 5.02 Å². The number of carbonyl (C=O) groups excluding carboxylic acids is 1. The van der Waals surface area contributed by atoms with Crippen molar-refractivity contribution in [3.8, 4) is 0 Å². The number of halogens is 2. The van der Waals surface area contributed by atoms with Crippen LogP contribution >= 0.6 is 22.9 Å². The molecular formula is C28H33ClFN5O2S. The Kier molecular flexibility index (Phi) is 8.89. The number of amides is 1. The number of fused-ring (bicyclic) bond motifs is 3. The summed E-state index contributed by atoms with van der Waals surface area (Å²) < 4.78 is 19.5. The number of nitrogens with one attached hydrogen (secondary N) is 1. The Hall–Kier alpha value is -2.59. The molecule has 1 fully saturated rings. The van der Waals surface area contributed by atoms with Gasteiger partial charge in [0.1, 0.15) is 22.8 Å². The van der Waals surface area contributed by atoms with Gasteiger partial charge in [-0.3, -0.25) is 9.69 Å². The number of anilines is 2. The molecule has 7 nitrogen and oxygen atoms in total. The van der Waals surface area contributed by atoms with Crippen LogP contribution in [0.25, 0.3) is 10.2 Å². The van der Waals surface area contributed by atoms with Crippen LogP contribution in [-0.4, -0.2) is 64.6 Å². The maximum absolute atomic E-state index is 13.6. The van der Waals surface area contributed by atoms with E-state index in [1.807, 2.05) is 11.0 Å². The second kappa shape index (κ2) is 12.5. The molecule has 1 unspecified atom stereocenters. The van der Waals surface area contributed by atoms with Gasteiger partial charge in [0.15, 0.2) is 0 Å². The van der Waals surface area contributed by atoms with Crippen molar-refractivity contribution in [3.63, 3.8) is 0 Å². The van der Waals surface area contributed by atoms with Gasteiger partial charge in [0.25, 0.3) is 0 Å². The summed E-state index contributed by atoms with van der Waals surface area (Å²) in [5.41, 5.74) is 1.82. The lowest BCUT2D eigenvalue weighted by atomic mass is 10.0. The van der Waals surface area contributed by atoms with Crippen LogP contribution in [0.3, 0.4) is 0 Å². The quantitative estimate of drug-likeness (QED) is 0.328. The molecule has 202 valence electrons. The van der Waals surface area contributed by atoms with Crippen molar-refractivity contribution in [3.05, 3.63) is 58.0 Å². The highest BCUT2D eigenvalue weighted by Gasteiger charge is 2.26. The first kappa shape index (κ1) is 27.0. The Balaban J connectivity index is 1.24. The maximum atomic E-state index is 13.6. The van der Waals surface area contributed by atoms with Gasteiger partial charge in [-0.1, -0.05) is 24.6 Å². The summed E-state index contributed by atoms with van der Waals surface area (Å²) in [5.74, 6) is 0.227. The Morgan fingerprint density at radius 3 is 3.05 bits per heavy atom. The van der Waals surface area contributed by atoms with E-state index >= 15 is 0 Å². The van der Waals surface area contributed by atoms with Crippen LogP contribution in [0.1, 0.15) is 43.0 Å². The molecule has 4 heterocycles. The first-order valence-corrected chi connectivity index (χ1v) is 14.5. The van der Waals surface area contributed by atoms with Crippen LogP contribution in [0.5, 0.6) is 0 Å². The van der Waals surface area contributed by atoms with Crippen molar-refractivity contribution in [1.82, 2.24) is 19.8 Å². The zero-order valence-corrected chi connectivity index (χ0v) is 23.2. The lowest BCUT2D eigenvalue weighted by Crippen LogP contribution is -2.37. The molecule has 10 heteroatoms. The van der Waals surface area contributed by atoms with E-state index in [9.17, 15) is 9.18 Å². The van der Waals surface area contributed by atoms with E-state index in [2.05, 4.69) is 27.1 Å². The Bertz CT molecular complexity index is 1310. The summed E-state index contributed by atoms with van der Waals surface area (Å²) in [5, 5.41) is 4.27. The molecule has 1 atom stereocenters. The van der Waals surface area contributed by atoms with Gasteiger partial charge in [0, 0.05) is 42.9 Å². The number of nitrogens with zero attached hydrogens (tertiary/aromatic N) is 4. The number of hydrogen-bond donors (Lipinski definition) is 1. The van der Waals surface area contributed by atoms with Crippen molar-refractivity contribution in [1.29, 1.82) is 0 Å². The van der Waals surface area contributed by atoms with Gasteiger partial charge in [0.05, 0.1) is 23.1 Å². The molecule has 1 aromatic carbocycles. The fraction of sp³-hybridized carbons (Fsp3) is 0.464. The summed E-state index contributed by atoms with van der Waals surface area (Å²) in [7, 11) is 0. The molecule has 5 rings (SSSR count). The number of benzene rings is 1. The molecule has 1 saturated heterocycles. The third kappa shape index (κ3) is 6.34. The minimum atomic E-state index is -0.465. The van der Waals surface area contributed by atoms with Gasteiger partial charge in [-0.25, -0.2) is 14.4 Å². The van der Waals surface area contributed by atoms with Crippen molar-refractivity contribution < 1.29 is 13.9 Å². The van der Waals surface area contributed by atoms with Gasteiger partial charge < -0.3 is 15.0 Å². The maximum Gasteiger partial charge on any atom is 0.246 e. The predicted octanol–water partition coefficient (Wildman–Crippen LogP) is 5.95. The number of aromatic nitrogens is 2. The highest BCUT2D eigenvalue weighted by Crippen LogP contribution is 2.38. The van der Waals surface area contributed by atoms with E-state index < -0.39 is 5.82 Å². The third-order valence-corrected chi connectivity index (χ3v) is 8.45. The first-order chi connectivity index (χ1) is 18.5. The first-order valence-electron chi connectivity index (χ1n) is 13.3. The number of ether oxygens (including phenoxy) is 1. The molecule has 0 aliphatic carbocycles. The van der Waals surface area contributed by atoms with Gasteiger partial charge >= 0.3 is 0 Å². The average Bonchev–Trinajstić information content (AvgIpc) is 3.30. The molecular weight excluding hydrogens is 525 g/mol. The van der Waals surface area contributed by atoms with E-state index in [4.69, 9.17) is 16.3 Å². The highest BCUT2D eigenvalue weighted by atomic mass is 35.5. The number of carbonyl (C=O) groups is 1. The van der Waals surface area contributed by atoms with Gasteiger partial charge in [-0.2, -0.15) is 0 Å². The van der Waals surface area contributed by atoms with E-state index in [1.165, 1.54) is 18.8 Å². The van der Waals surface area contributed by atoms with Crippen molar-refractivity contribution in [2.75, 3.05) is 38.1 Å². The van der Waals surface area contributed by atoms with E-state index in [1.54, 1.807) is 29.5 Å².